The van der Waals surface area contributed by atoms with Gasteiger partial charge in [0.2, 0.25) is 5.91 Å². The molecule has 5 nitrogen and oxygen atoms in total. The van der Waals surface area contributed by atoms with Crippen molar-refractivity contribution in [1.29, 1.82) is 0 Å². The normalized spacial score (nSPS) is 23.0. The molecule has 6 heteroatoms. The maximum Gasteiger partial charge on any atom is 0.222 e. The SMILES string of the molecule is CCC(=O)N1CCN(c2nc(C3CC3)nc3sc4c(c23)CC[C@@H](C)C4)CC1. The van der Waals surface area contributed by atoms with E-state index in [1.807, 2.05) is 23.2 Å². The molecule has 1 atom stereocenters. The summed E-state index contributed by atoms with van der Waals surface area (Å²) < 4.78 is 0. The average molecular weight is 385 g/mol. The summed E-state index contributed by atoms with van der Waals surface area (Å²) in [5.74, 6) is 3.81. The van der Waals surface area contributed by atoms with Gasteiger partial charge in [-0.2, -0.15) is 0 Å². The lowest BCUT2D eigenvalue weighted by atomic mass is 9.89. The molecule has 0 unspecified atom stereocenters. The van der Waals surface area contributed by atoms with Gasteiger partial charge in [0.1, 0.15) is 16.5 Å². The number of piperazine rings is 1. The zero-order valence-corrected chi connectivity index (χ0v) is 17.1. The van der Waals surface area contributed by atoms with Crippen molar-refractivity contribution >= 4 is 33.3 Å². The van der Waals surface area contributed by atoms with Crippen LogP contribution in [0.4, 0.5) is 5.82 Å². The molecule has 0 aromatic carbocycles. The first-order chi connectivity index (χ1) is 13.1. The van der Waals surface area contributed by atoms with E-state index in [1.165, 1.54) is 46.3 Å². The zero-order chi connectivity index (χ0) is 18.5. The minimum absolute atomic E-state index is 0.267. The number of nitrogens with zero attached hydrogens (tertiary/aromatic N) is 4. The van der Waals surface area contributed by atoms with E-state index < -0.39 is 0 Å². The Kier molecular flexibility index (Phi) is 4.34. The number of fused-ring (bicyclic) bond motifs is 3. The van der Waals surface area contributed by atoms with Gasteiger partial charge >= 0.3 is 0 Å². The van der Waals surface area contributed by atoms with Crippen LogP contribution < -0.4 is 4.90 Å². The molecule has 1 amide bonds. The van der Waals surface area contributed by atoms with Gasteiger partial charge in [-0.1, -0.05) is 13.8 Å². The highest BCUT2D eigenvalue weighted by atomic mass is 32.1. The molecule has 2 aromatic rings. The molecular formula is C21H28N4OS. The summed E-state index contributed by atoms with van der Waals surface area (Å²) in [6.45, 7) is 7.68. The summed E-state index contributed by atoms with van der Waals surface area (Å²) in [4.78, 5) is 29.3. The Balaban J connectivity index is 1.53. The lowest BCUT2D eigenvalue weighted by Gasteiger charge is -2.36. The highest BCUT2D eigenvalue weighted by Gasteiger charge is 2.32. The Morgan fingerprint density at radius 2 is 1.93 bits per heavy atom. The van der Waals surface area contributed by atoms with E-state index in [0.29, 0.717) is 12.3 Å². The van der Waals surface area contributed by atoms with Gasteiger partial charge in [-0.15, -0.1) is 11.3 Å². The Hall–Kier alpha value is -1.69. The summed E-state index contributed by atoms with van der Waals surface area (Å²) in [6, 6.07) is 0. The molecule has 0 spiro atoms. The van der Waals surface area contributed by atoms with Crippen LogP contribution in [0.2, 0.25) is 0 Å². The Bertz CT molecular complexity index is 880. The molecule has 1 saturated heterocycles. The number of anilines is 1. The number of aromatic nitrogens is 2. The summed E-state index contributed by atoms with van der Waals surface area (Å²) in [5.41, 5.74) is 1.51. The fraction of sp³-hybridized carbons (Fsp3) is 0.667. The van der Waals surface area contributed by atoms with Crippen LogP contribution in [-0.4, -0.2) is 47.0 Å². The van der Waals surface area contributed by atoms with Crippen molar-refractivity contribution in [2.24, 2.45) is 5.92 Å². The zero-order valence-electron chi connectivity index (χ0n) is 16.3. The third kappa shape index (κ3) is 3.12. The summed E-state index contributed by atoms with van der Waals surface area (Å²) >= 11 is 1.91. The van der Waals surface area contributed by atoms with Crippen molar-refractivity contribution in [3.63, 3.8) is 0 Å². The molecule has 3 heterocycles. The van der Waals surface area contributed by atoms with Crippen molar-refractivity contribution in [2.75, 3.05) is 31.1 Å². The number of hydrogen-bond donors (Lipinski definition) is 0. The van der Waals surface area contributed by atoms with E-state index in [0.717, 1.165) is 50.2 Å². The van der Waals surface area contributed by atoms with Crippen LogP contribution in [0, 0.1) is 5.92 Å². The predicted octanol–water partition coefficient (Wildman–Crippen LogP) is 3.75. The molecule has 3 aliphatic rings. The first-order valence-corrected chi connectivity index (χ1v) is 11.3. The monoisotopic (exact) mass is 384 g/mol. The fourth-order valence-corrected chi connectivity index (χ4v) is 5.87. The van der Waals surface area contributed by atoms with Crippen molar-refractivity contribution in [2.45, 2.75) is 58.3 Å². The lowest BCUT2D eigenvalue weighted by molar-refractivity contribution is -0.131. The van der Waals surface area contributed by atoms with Gasteiger partial charge in [0.05, 0.1) is 5.39 Å². The first kappa shape index (κ1) is 17.4. The second-order valence-corrected chi connectivity index (χ2v) is 9.52. The molecular weight excluding hydrogens is 356 g/mol. The molecule has 0 bridgehead atoms. The maximum atomic E-state index is 12.0. The minimum atomic E-state index is 0.267. The Morgan fingerprint density at radius 3 is 2.63 bits per heavy atom. The Labute approximate surface area is 164 Å². The van der Waals surface area contributed by atoms with Gasteiger partial charge in [-0.05, 0) is 43.6 Å². The van der Waals surface area contributed by atoms with Crippen LogP contribution in [0.25, 0.3) is 10.2 Å². The van der Waals surface area contributed by atoms with Crippen LogP contribution in [0.3, 0.4) is 0 Å². The van der Waals surface area contributed by atoms with Crippen molar-refractivity contribution in [3.05, 3.63) is 16.3 Å². The average Bonchev–Trinajstić information content (AvgIpc) is 3.47. The molecule has 27 heavy (non-hydrogen) atoms. The second-order valence-electron chi connectivity index (χ2n) is 8.43. The predicted molar refractivity (Wildman–Crippen MR) is 110 cm³/mol. The Morgan fingerprint density at radius 1 is 1.15 bits per heavy atom. The summed E-state index contributed by atoms with van der Waals surface area (Å²) in [5, 5.41) is 1.32. The first-order valence-electron chi connectivity index (χ1n) is 10.5. The molecule has 1 saturated carbocycles. The largest absolute Gasteiger partial charge is 0.352 e. The topological polar surface area (TPSA) is 49.3 Å². The molecule has 2 aliphatic carbocycles. The van der Waals surface area contributed by atoms with Gasteiger partial charge in [-0.25, -0.2) is 9.97 Å². The van der Waals surface area contributed by atoms with Gasteiger partial charge in [-0.3, -0.25) is 4.79 Å². The van der Waals surface area contributed by atoms with E-state index >= 15 is 0 Å². The summed E-state index contributed by atoms with van der Waals surface area (Å²) in [7, 11) is 0. The number of rotatable bonds is 3. The van der Waals surface area contributed by atoms with E-state index in [2.05, 4.69) is 11.8 Å². The molecule has 0 radical (unpaired) electrons. The standard InChI is InChI=1S/C21H28N4OS/c1-3-17(26)24-8-10-25(11-9-24)20-18-15-7-4-13(2)12-16(15)27-21(18)23-19(22-20)14-5-6-14/h13-14H,3-12H2,1-2H3/t13-/m1/s1. The third-order valence-corrected chi connectivity index (χ3v) is 7.48. The number of thiophene rings is 1. The van der Waals surface area contributed by atoms with Crippen LogP contribution in [0.5, 0.6) is 0 Å². The highest BCUT2D eigenvalue weighted by Crippen LogP contribution is 2.44. The van der Waals surface area contributed by atoms with Crippen LogP contribution >= 0.6 is 11.3 Å². The van der Waals surface area contributed by atoms with Crippen molar-refractivity contribution in [3.8, 4) is 0 Å². The van der Waals surface area contributed by atoms with Crippen LogP contribution in [0.15, 0.2) is 0 Å². The van der Waals surface area contributed by atoms with Gasteiger partial charge in [0, 0.05) is 43.4 Å². The van der Waals surface area contributed by atoms with E-state index in [-0.39, 0.29) is 5.91 Å². The lowest BCUT2D eigenvalue weighted by Crippen LogP contribution is -2.49. The van der Waals surface area contributed by atoms with Gasteiger partial charge < -0.3 is 9.80 Å². The maximum absolute atomic E-state index is 12.0. The van der Waals surface area contributed by atoms with Crippen LogP contribution in [0.1, 0.15) is 61.7 Å². The van der Waals surface area contributed by atoms with Crippen molar-refractivity contribution in [1.82, 2.24) is 14.9 Å². The molecule has 2 aromatic heterocycles. The van der Waals surface area contributed by atoms with E-state index in [4.69, 9.17) is 9.97 Å². The van der Waals surface area contributed by atoms with E-state index in [9.17, 15) is 4.79 Å². The number of aryl methyl sites for hydroxylation is 1. The number of carbonyl (C=O) groups excluding carboxylic acids is 1. The molecule has 2 fully saturated rings. The number of amides is 1. The molecule has 1 aliphatic heterocycles. The van der Waals surface area contributed by atoms with Crippen LogP contribution in [-0.2, 0) is 17.6 Å². The third-order valence-electron chi connectivity index (χ3n) is 6.33. The molecule has 0 N–H and O–H groups in total. The highest BCUT2D eigenvalue weighted by molar-refractivity contribution is 7.19. The second kappa shape index (κ2) is 6.73. The summed E-state index contributed by atoms with van der Waals surface area (Å²) in [6.07, 6.45) is 6.66. The van der Waals surface area contributed by atoms with Gasteiger partial charge in [0.15, 0.2) is 0 Å². The quantitative estimate of drug-likeness (QED) is 0.809. The molecule has 144 valence electrons. The van der Waals surface area contributed by atoms with E-state index in [1.54, 1.807) is 0 Å². The number of hydrogen-bond acceptors (Lipinski definition) is 5. The van der Waals surface area contributed by atoms with Crippen molar-refractivity contribution < 1.29 is 4.79 Å². The number of carbonyl (C=O) groups is 1. The fourth-order valence-electron chi connectivity index (χ4n) is 4.48. The van der Waals surface area contributed by atoms with Gasteiger partial charge in [0.25, 0.3) is 0 Å². The molecule has 5 rings (SSSR count). The smallest absolute Gasteiger partial charge is 0.222 e. The minimum Gasteiger partial charge on any atom is -0.352 e.